The molecule has 2 N–H and O–H groups in total. The quantitative estimate of drug-likeness (QED) is 0.352. The average Bonchev–Trinajstić information content (AvgIpc) is 3.19. The van der Waals surface area contributed by atoms with Crippen molar-refractivity contribution in [3.05, 3.63) is 88.8 Å². The summed E-state index contributed by atoms with van der Waals surface area (Å²) in [6, 6.07) is 19.4. The molecule has 0 aliphatic heterocycles. The summed E-state index contributed by atoms with van der Waals surface area (Å²) in [7, 11) is 4.14. The Balaban J connectivity index is 1.62. The standard InChI is InChI=1S/C26H28N4O/c1-30(2)21-13-7-12-20(16-21)26(19-10-4-3-5-11-19)15-14-22-23(17-26)27-28-25(22)24(29-31)18-8-6-9-18/h3-5,7,10-16,18,31H,6,8-9,17H2,1-2H3,(H,27,28). The Bertz CT molecular complexity index is 1140. The van der Waals surface area contributed by atoms with E-state index in [1.807, 2.05) is 0 Å². The monoisotopic (exact) mass is 412 g/mol. The van der Waals surface area contributed by atoms with Crippen molar-refractivity contribution in [1.29, 1.82) is 0 Å². The molecule has 0 bridgehead atoms. The normalized spacial score (nSPS) is 20.9. The van der Waals surface area contributed by atoms with Crippen LogP contribution in [0.15, 0.2) is 65.8 Å². The fraction of sp³-hybridized carbons (Fsp3) is 0.308. The van der Waals surface area contributed by atoms with Crippen LogP contribution in [-0.4, -0.2) is 35.2 Å². The highest BCUT2D eigenvalue weighted by Gasteiger charge is 2.38. The van der Waals surface area contributed by atoms with Crippen LogP contribution in [0.4, 0.5) is 5.69 Å². The van der Waals surface area contributed by atoms with Crippen LogP contribution in [0.2, 0.25) is 0 Å². The highest BCUT2D eigenvalue weighted by molar-refractivity contribution is 6.04. The van der Waals surface area contributed by atoms with Gasteiger partial charge < -0.3 is 10.1 Å². The number of hydrogen-bond donors (Lipinski definition) is 2. The number of rotatable bonds is 5. The van der Waals surface area contributed by atoms with E-state index in [0.717, 1.165) is 41.9 Å². The Morgan fingerprint density at radius 3 is 2.55 bits per heavy atom. The Morgan fingerprint density at radius 1 is 1.10 bits per heavy atom. The molecule has 2 aliphatic carbocycles. The van der Waals surface area contributed by atoms with E-state index in [1.54, 1.807) is 0 Å². The van der Waals surface area contributed by atoms with Crippen molar-refractivity contribution in [1.82, 2.24) is 10.2 Å². The van der Waals surface area contributed by atoms with Crippen molar-refractivity contribution >= 4 is 17.5 Å². The van der Waals surface area contributed by atoms with E-state index in [9.17, 15) is 5.21 Å². The number of benzene rings is 2. The molecule has 31 heavy (non-hydrogen) atoms. The van der Waals surface area contributed by atoms with Crippen LogP contribution in [0.5, 0.6) is 0 Å². The summed E-state index contributed by atoms with van der Waals surface area (Å²) in [5.74, 6) is 0.309. The second-order valence-electron chi connectivity index (χ2n) is 8.87. The van der Waals surface area contributed by atoms with Crippen LogP contribution >= 0.6 is 0 Å². The highest BCUT2D eigenvalue weighted by atomic mass is 16.4. The second kappa shape index (κ2) is 7.73. The predicted molar refractivity (Wildman–Crippen MR) is 125 cm³/mol. The van der Waals surface area contributed by atoms with Crippen LogP contribution in [0.1, 0.15) is 47.3 Å². The lowest BCUT2D eigenvalue weighted by Gasteiger charge is -2.35. The summed E-state index contributed by atoms with van der Waals surface area (Å²) in [6.07, 6.45) is 8.55. The fourth-order valence-electron chi connectivity index (χ4n) is 4.82. The van der Waals surface area contributed by atoms with Gasteiger partial charge in [0.15, 0.2) is 0 Å². The smallest absolute Gasteiger partial charge is 0.117 e. The minimum Gasteiger partial charge on any atom is -0.411 e. The predicted octanol–water partition coefficient (Wildman–Crippen LogP) is 5.01. The van der Waals surface area contributed by atoms with E-state index in [-0.39, 0.29) is 5.41 Å². The molecule has 0 saturated heterocycles. The molecule has 158 valence electrons. The number of hydrogen-bond acceptors (Lipinski definition) is 4. The van der Waals surface area contributed by atoms with E-state index in [4.69, 9.17) is 0 Å². The number of fused-ring (bicyclic) bond motifs is 1. The number of allylic oxidation sites excluding steroid dienone is 1. The molecule has 3 aromatic rings. The molecule has 1 aromatic heterocycles. The van der Waals surface area contributed by atoms with Crippen molar-refractivity contribution in [2.75, 3.05) is 19.0 Å². The zero-order valence-corrected chi connectivity index (χ0v) is 18.0. The van der Waals surface area contributed by atoms with E-state index in [1.165, 1.54) is 23.2 Å². The molecule has 2 aliphatic rings. The zero-order valence-electron chi connectivity index (χ0n) is 18.0. The number of aromatic nitrogens is 2. The van der Waals surface area contributed by atoms with Gasteiger partial charge in [-0.3, -0.25) is 5.10 Å². The Morgan fingerprint density at radius 2 is 1.87 bits per heavy atom. The molecule has 1 atom stereocenters. The summed E-state index contributed by atoms with van der Waals surface area (Å²) in [5, 5.41) is 21.2. The van der Waals surface area contributed by atoms with Gasteiger partial charge in [-0.1, -0.05) is 66.2 Å². The second-order valence-corrected chi connectivity index (χ2v) is 8.87. The third-order valence-corrected chi connectivity index (χ3v) is 6.88. The highest BCUT2D eigenvalue weighted by Crippen LogP contribution is 2.43. The number of aromatic amines is 1. The summed E-state index contributed by atoms with van der Waals surface area (Å²) in [4.78, 5) is 2.14. The van der Waals surface area contributed by atoms with Crippen LogP contribution < -0.4 is 4.90 Å². The number of nitrogens with one attached hydrogen (secondary N) is 1. The lowest BCUT2D eigenvalue weighted by Crippen LogP contribution is -2.31. The molecule has 5 heteroatoms. The maximum Gasteiger partial charge on any atom is 0.117 e. The Kier molecular flexibility index (Phi) is 4.89. The van der Waals surface area contributed by atoms with Gasteiger partial charge >= 0.3 is 0 Å². The molecule has 5 rings (SSSR count). The van der Waals surface area contributed by atoms with E-state index >= 15 is 0 Å². The molecule has 1 fully saturated rings. The summed E-state index contributed by atoms with van der Waals surface area (Å²) in [6.45, 7) is 0. The first-order chi connectivity index (χ1) is 15.1. The molecule has 0 radical (unpaired) electrons. The minimum atomic E-state index is -0.295. The molecule has 1 saturated carbocycles. The van der Waals surface area contributed by atoms with E-state index in [0.29, 0.717) is 5.92 Å². The lowest BCUT2D eigenvalue weighted by molar-refractivity contribution is 0.305. The largest absolute Gasteiger partial charge is 0.411 e. The average molecular weight is 413 g/mol. The topological polar surface area (TPSA) is 64.5 Å². The molecule has 2 aromatic carbocycles. The number of nitrogens with zero attached hydrogens (tertiary/aromatic N) is 3. The van der Waals surface area contributed by atoms with Crippen molar-refractivity contribution in [2.24, 2.45) is 11.1 Å². The van der Waals surface area contributed by atoms with Gasteiger partial charge in [-0.25, -0.2) is 0 Å². The molecule has 0 spiro atoms. The SMILES string of the molecule is CN(C)c1cccc(C2(c3ccccc3)C=Cc3c(C(=NO)C4CCC4)n[nH]c3C2)c1. The van der Waals surface area contributed by atoms with Crippen LogP contribution in [0, 0.1) is 5.92 Å². The first-order valence-corrected chi connectivity index (χ1v) is 10.9. The third kappa shape index (κ3) is 3.25. The fourth-order valence-corrected chi connectivity index (χ4v) is 4.82. The van der Waals surface area contributed by atoms with Crippen LogP contribution in [0.25, 0.3) is 6.08 Å². The van der Waals surface area contributed by atoms with Crippen molar-refractivity contribution < 1.29 is 5.21 Å². The molecular weight excluding hydrogens is 384 g/mol. The maximum absolute atomic E-state index is 9.68. The molecule has 0 amide bonds. The van der Waals surface area contributed by atoms with Gasteiger partial charge in [0, 0.05) is 48.8 Å². The Hall–Kier alpha value is -3.34. The number of oxime groups is 1. The van der Waals surface area contributed by atoms with Crippen molar-refractivity contribution in [3.8, 4) is 0 Å². The minimum absolute atomic E-state index is 0.295. The van der Waals surface area contributed by atoms with Crippen LogP contribution in [-0.2, 0) is 11.8 Å². The van der Waals surface area contributed by atoms with Gasteiger partial charge in [-0.15, -0.1) is 0 Å². The van der Waals surface area contributed by atoms with Crippen molar-refractivity contribution in [3.63, 3.8) is 0 Å². The summed E-state index contributed by atoms with van der Waals surface area (Å²) in [5.41, 5.74) is 7.02. The maximum atomic E-state index is 9.68. The first kappa shape index (κ1) is 19.6. The van der Waals surface area contributed by atoms with E-state index in [2.05, 4.69) is 101 Å². The zero-order chi connectivity index (χ0) is 21.4. The van der Waals surface area contributed by atoms with Crippen molar-refractivity contribution in [2.45, 2.75) is 31.1 Å². The van der Waals surface area contributed by atoms with Gasteiger partial charge in [0.2, 0.25) is 0 Å². The molecule has 5 nitrogen and oxygen atoms in total. The van der Waals surface area contributed by atoms with Gasteiger partial charge in [0.05, 0.1) is 0 Å². The number of anilines is 1. The first-order valence-electron chi connectivity index (χ1n) is 10.9. The summed E-state index contributed by atoms with van der Waals surface area (Å²) >= 11 is 0. The van der Waals surface area contributed by atoms with Gasteiger partial charge in [-0.2, -0.15) is 5.10 Å². The molecular formula is C26H28N4O. The number of H-pyrrole nitrogens is 1. The third-order valence-electron chi connectivity index (χ3n) is 6.88. The molecule has 1 unspecified atom stereocenters. The van der Waals surface area contributed by atoms with Gasteiger partial charge in [0.1, 0.15) is 11.4 Å². The molecule has 1 heterocycles. The lowest BCUT2D eigenvalue weighted by atomic mass is 9.68. The van der Waals surface area contributed by atoms with Gasteiger partial charge in [0.25, 0.3) is 0 Å². The Labute approximate surface area is 183 Å². The summed E-state index contributed by atoms with van der Waals surface area (Å²) < 4.78 is 0. The van der Waals surface area contributed by atoms with Crippen LogP contribution in [0.3, 0.4) is 0 Å². The van der Waals surface area contributed by atoms with E-state index < -0.39 is 0 Å². The van der Waals surface area contributed by atoms with Gasteiger partial charge in [-0.05, 0) is 36.1 Å².